The molecule has 0 aliphatic rings. The summed E-state index contributed by atoms with van der Waals surface area (Å²) in [6.45, 7) is 2.68. The van der Waals surface area contributed by atoms with Gasteiger partial charge in [-0.15, -0.1) is 0 Å². The maximum absolute atomic E-state index is 5.38. The van der Waals surface area contributed by atoms with E-state index in [0.29, 0.717) is 6.54 Å². The minimum atomic E-state index is 0.626. The van der Waals surface area contributed by atoms with Crippen LogP contribution in [0.2, 0.25) is 0 Å². The molecule has 2 N–H and O–H groups in total. The van der Waals surface area contributed by atoms with Gasteiger partial charge in [0.1, 0.15) is 17.2 Å². The number of rotatable bonds is 5. The summed E-state index contributed by atoms with van der Waals surface area (Å²) in [5.74, 6) is 1.70. The summed E-state index contributed by atoms with van der Waals surface area (Å²) in [7, 11) is 1.69. The lowest BCUT2D eigenvalue weighted by molar-refractivity contribution is 0.412. The van der Waals surface area contributed by atoms with E-state index in [1.54, 1.807) is 13.3 Å². The highest BCUT2D eigenvalue weighted by molar-refractivity contribution is 5.95. The standard InChI is InChI=1S/C21H20N4O/c1-14-11-15(6-7-19(14)26-2)18-12-20(25-21-17(18)8-10-23-21)24-13-16-5-3-4-9-22-16/h3-12H,13H2,1-2H3,(H2,23,24,25). The number of benzene rings is 1. The number of methoxy groups -OCH3 is 1. The number of aromatic nitrogens is 3. The van der Waals surface area contributed by atoms with E-state index in [1.165, 1.54) is 0 Å². The highest BCUT2D eigenvalue weighted by Gasteiger charge is 2.10. The van der Waals surface area contributed by atoms with Crippen LogP contribution in [-0.4, -0.2) is 22.1 Å². The zero-order valence-electron chi connectivity index (χ0n) is 14.8. The Morgan fingerprint density at radius 1 is 1.12 bits per heavy atom. The molecule has 0 aliphatic heterocycles. The third-order valence-electron chi connectivity index (χ3n) is 4.41. The second-order valence-electron chi connectivity index (χ2n) is 6.15. The number of pyridine rings is 2. The molecule has 3 heterocycles. The Morgan fingerprint density at radius 3 is 2.81 bits per heavy atom. The average molecular weight is 344 g/mol. The summed E-state index contributed by atoms with van der Waals surface area (Å²) < 4.78 is 5.38. The van der Waals surface area contributed by atoms with Crippen molar-refractivity contribution < 1.29 is 4.74 Å². The van der Waals surface area contributed by atoms with Crippen LogP contribution in [-0.2, 0) is 6.54 Å². The molecule has 0 radical (unpaired) electrons. The first-order valence-corrected chi connectivity index (χ1v) is 8.51. The molecule has 5 nitrogen and oxygen atoms in total. The normalized spacial score (nSPS) is 10.8. The van der Waals surface area contributed by atoms with Crippen molar-refractivity contribution in [1.29, 1.82) is 0 Å². The van der Waals surface area contributed by atoms with Crippen molar-refractivity contribution in [3.8, 4) is 16.9 Å². The van der Waals surface area contributed by atoms with Gasteiger partial charge >= 0.3 is 0 Å². The smallest absolute Gasteiger partial charge is 0.140 e. The first-order chi connectivity index (χ1) is 12.7. The fourth-order valence-electron chi connectivity index (χ4n) is 3.10. The van der Waals surface area contributed by atoms with Crippen molar-refractivity contribution in [2.24, 2.45) is 0 Å². The molecule has 3 aromatic heterocycles. The number of nitrogens with zero attached hydrogens (tertiary/aromatic N) is 2. The molecule has 0 fully saturated rings. The molecule has 0 aliphatic carbocycles. The van der Waals surface area contributed by atoms with Gasteiger partial charge in [-0.25, -0.2) is 4.98 Å². The number of nitrogens with one attached hydrogen (secondary N) is 2. The van der Waals surface area contributed by atoms with Crippen molar-refractivity contribution in [2.75, 3.05) is 12.4 Å². The summed E-state index contributed by atoms with van der Waals surface area (Å²) in [5.41, 5.74) is 5.21. The quantitative estimate of drug-likeness (QED) is 0.557. The van der Waals surface area contributed by atoms with Crippen molar-refractivity contribution in [3.63, 3.8) is 0 Å². The first kappa shape index (κ1) is 16.1. The van der Waals surface area contributed by atoms with Crippen LogP contribution in [0, 0.1) is 6.92 Å². The molecule has 4 rings (SSSR count). The third-order valence-corrected chi connectivity index (χ3v) is 4.41. The highest BCUT2D eigenvalue weighted by Crippen LogP contribution is 2.32. The lowest BCUT2D eigenvalue weighted by atomic mass is 10.0. The number of fused-ring (bicyclic) bond motifs is 1. The van der Waals surface area contributed by atoms with E-state index < -0.39 is 0 Å². The monoisotopic (exact) mass is 344 g/mol. The Hall–Kier alpha value is -3.34. The largest absolute Gasteiger partial charge is 0.496 e. The maximum Gasteiger partial charge on any atom is 0.140 e. The van der Waals surface area contributed by atoms with E-state index in [9.17, 15) is 0 Å². The fraction of sp³-hybridized carbons (Fsp3) is 0.143. The van der Waals surface area contributed by atoms with Crippen LogP contribution in [0.1, 0.15) is 11.3 Å². The number of aromatic amines is 1. The van der Waals surface area contributed by atoms with Crippen LogP contribution in [0.25, 0.3) is 22.2 Å². The SMILES string of the molecule is COc1ccc(-c2cc(NCc3ccccn3)nc3[nH]ccc23)cc1C. The fourth-order valence-corrected chi connectivity index (χ4v) is 3.10. The molecule has 0 spiro atoms. The van der Waals surface area contributed by atoms with Crippen molar-refractivity contribution in [1.82, 2.24) is 15.0 Å². The Kier molecular flexibility index (Phi) is 4.27. The van der Waals surface area contributed by atoms with Crippen LogP contribution < -0.4 is 10.1 Å². The molecule has 0 saturated heterocycles. The number of hydrogen-bond donors (Lipinski definition) is 2. The molecular formula is C21H20N4O. The summed E-state index contributed by atoms with van der Waals surface area (Å²) in [6, 6.07) is 16.3. The molecule has 130 valence electrons. The van der Waals surface area contributed by atoms with Crippen LogP contribution in [0.3, 0.4) is 0 Å². The number of anilines is 1. The number of ether oxygens (including phenoxy) is 1. The molecule has 26 heavy (non-hydrogen) atoms. The molecule has 0 saturated carbocycles. The molecule has 4 aromatic rings. The predicted molar refractivity (Wildman–Crippen MR) is 104 cm³/mol. The summed E-state index contributed by atoms with van der Waals surface area (Å²) in [6.07, 6.45) is 3.71. The van der Waals surface area contributed by atoms with E-state index in [1.807, 2.05) is 30.5 Å². The Balaban J connectivity index is 1.72. The Labute approximate surface area is 152 Å². The minimum Gasteiger partial charge on any atom is -0.496 e. The number of hydrogen-bond acceptors (Lipinski definition) is 4. The van der Waals surface area contributed by atoms with Crippen molar-refractivity contribution in [2.45, 2.75) is 13.5 Å². The van der Waals surface area contributed by atoms with Crippen LogP contribution >= 0.6 is 0 Å². The molecule has 0 amide bonds. The molecular weight excluding hydrogens is 324 g/mol. The van der Waals surface area contributed by atoms with Gasteiger partial charge in [0.25, 0.3) is 0 Å². The van der Waals surface area contributed by atoms with Crippen LogP contribution in [0.4, 0.5) is 5.82 Å². The topological polar surface area (TPSA) is 62.8 Å². The third kappa shape index (κ3) is 3.11. The van der Waals surface area contributed by atoms with Gasteiger partial charge in [0.2, 0.25) is 0 Å². The number of H-pyrrole nitrogens is 1. The molecule has 0 bridgehead atoms. The average Bonchev–Trinajstić information content (AvgIpc) is 3.15. The summed E-state index contributed by atoms with van der Waals surface area (Å²) >= 11 is 0. The van der Waals surface area contributed by atoms with Gasteiger partial charge in [-0.3, -0.25) is 4.98 Å². The Bertz CT molecular complexity index is 1040. The van der Waals surface area contributed by atoms with Gasteiger partial charge in [-0.05, 0) is 60.0 Å². The van der Waals surface area contributed by atoms with Gasteiger partial charge in [0.05, 0.1) is 19.3 Å². The van der Waals surface area contributed by atoms with Gasteiger partial charge in [-0.2, -0.15) is 0 Å². The van der Waals surface area contributed by atoms with Crippen LogP contribution in [0.5, 0.6) is 5.75 Å². The van der Waals surface area contributed by atoms with Crippen molar-refractivity contribution >= 4 is 16.9 Å². The number of aryl methyl sites for hydroxylation is 1. The van der Waals surface area contributed by atoms with Gasteiger partial charge in [0, 0.05) is 17.8 Å². The van der Waals surface area contributed by atoms with E-state index in [4.69, 9.17) is 4.74 Å². The maximum atomic E-state index is 5.38. The lowest BCUT2D eigenvalue weighted by Crippen LogP contribution is -2.03. The second-order valence-corrected chi connectivity index (χ2v) is 6.15. The van der Waals surface area contributed by atoms with E-state index >= 15 is 0 Å². The lowest BCUT2D eigenvalue weighted by Gasteiger charge is -2.11. The molecule has 5 heteroatoms. The van der Waals surface area contributed by atoms with Gasteiger partial charge in [0.15, 0.2) is 0 Å². The second kappa shape index (κ2) is 6.88. The summed E-state index contributed by atoms with van der Waals surface area (Å²) in [5, 5.41) is 4.47. The predicted octanol–water partition coefficient (Wildman–Crippen LogP) is 4.55. The zero-order chi connectivity index (χ0) is 17.9. The van der Waals surface area contributed by atoms with Crippen molar-refractivity contribution in [3.05, 3.63) is 72.2 Å². The van der Waals surface area contributed by atoms with E-state index in [0.717, 1.165) is 45.0 Å². The van der Waals surface area contributed by atoms with Gasteiger partial charge in [-0.1, -0.05) is 12.1 Å². The molecule has 0 unspecified atom stereocenters. The Morgan fingerprint density at radius 2 is 2.04 bits per heavy atom. The first-order valence-electron chi connectivity index (χ1n) is 8.51. The van der Waals surface area contributed by atoms with E-state index in [2.05, 4.69) is 51.5 Å². The minimum absolute atomic E-state index is 0.626. The molecule has 0 atom stereocenters. The van der Waals surface area contributed by atoms with E-state index in [-0.39, 0.29) is 0 Å². The highest BCUT2D eigenvalue weighted by atomic mass is 16.5. The summed E-state index contributed by atoms with van der Waals surface area (Å²) in [4.78, 5) is 12.2. The zero-order valence-corrected chi connectivity index (χ0v) is 14.8. The molecule has 1 aromatic carbocycles. The van der Waals surface area contributed by atoms with Gasteiger partial charge < -0.3 is 15.0 Å². The van der Waals surface area contributed by atoms with Crippen LogP contribution in [0.15, 0.2) is 60.9 Å².